The Morgan fingerprint density at radius 2 is 1.88 bits per heavy atom. The summed E-state index contributed by atoms with van der Waals surface area (Å²) in [4.78, 5) is 0. The van der Waals surface area contributed by atoms with E-state index in [1.807, 2.05) is 45.9 Å². The van der Waals surface area contributed by atoms with Crippen LogP contribution >= 0.6 is 0 Å². The lowest BCUT2D eigenvalue weighted by atomic mass is 9.71. The van der Waals surface area contributed by atoms with Gasteiger partial charge in [0.2, 0.25) is 0 Å². The third-order valence-corrected chi connectivity index (χ3v) is 3.70. The van der Waals surface area contributed by atoms with Crippen LogP contribution in [0.2, 0.25) is 0 Å². The Morgan fingerprint density at radius 1 is 1.24 bits per heavy atom. The van der Waals surface area contributed by atoms with Crippen LogP contribution in [0.1, 0.15) is 44.4 Å². The highest BCUT2D eigenvalue weighted by Gasteiger charge is 2.42. The summed E-state index contributed by atoms with van der Waals surface area (Å²) in [6.07, 6.45) is -0.612. The SMILES string of the molecule is CC1(C)NC(O)C(C)(C)c2cc(C#N)ccc21. The van der Waals surface area contributed by atoms with Crippen LogP contribution in [0, 0.1) is 11.3 Å². The number of hydrogen-bond donors (Lipinski definition) is 2. The summed E-state index contributed by atoms with van der Waals surface area (Å²) in [5, 5.41) is 22.4. The molecule has 1 aromatic carbocycles. The van der Waals surface area contributed by atoms with Gasteiger partial charge in [-0.25, -0.2) is 0 Å². The highest BCUT2D eigenvalue weighted by Crippen LogP contribution is 2.40. The van der Waals surface area contributed by atoms with Crippen molar-refractivity contribution in [2.24, 2.45) is 0 Å². The zero-order chi connectivity index (χ0) is 12.8. The van der Waals surface area contributed by atoms with Crippen molar-refractivity contribution < 1.29 is 5.11 Å². The van der Waals surface area contributed by atoms with Crippen LogP contribution in [0.4, 0.5) is 0 Å². The number of rotatable bonds is 0. The standard InChI is InChI=1S/C14H18N2O/c1-13(2)11-7-9(8-15)5-6-10(11)14(3,4)16-12(13)17/h5-7,12,16-17H,1-4H3. The van der Waals surface area contributed by atoms with Gasteiger partial charge < -0.3 is 5.11 Å². The van der Waals surface area contributed by atoms with E-state index in [1.54, 1.807) is 0 Å². The predicted molar refractivity (Wildman–Crippen MR) is 66.4 cm³/mol. The van der Waals surface area contributed by atoms with Crippen molar-refractivity contribution in [2.75, 3.05) is 0 Å². The van der Waals surface area contributed by atoms with Gasteiger partial charge in [-0.1, -0.05) is 19.9 Å². The molecular formula is C14H18N2O. The van der Waals surface area contributed by atoms with E-state index < -0.39 is 11.6 Å². The van der Waals surface area contributed by atoms with Gasteiger partial charge in [-0.05, 0) is 37.1 Å². The van der Waals surface area contributed by atoms with E-state index in [4.69, 9.17) is 5.26 Å². The second-order valence-electron chi connectivity index (χ2n) is 5.77. The minimum Gasteiger partial charge on any atom is -0.378 e. The topological polar surface area (TPSA) is 56.0 Å². The Morgan fingerprint density at radius 3 is 2.47 bits per heavy atom. The fourth-order valence-corrected chi connectivity index (χ4v) is 2.44. The highest BCUT2D eigenvalue weighted by atomic mass is 16.3. The Balaban J connectivity index is 2.70. The molecule has 0 saturated heterocycles. The normalized spacial score (nSPS) is 24.8. The molecule has 90 valence electrons. The lowest BCUT2D eigenvalue weighted by Crippen LogP contribution is -2.57. The van der Waals surface area contributed by atoms with Gasteiger partial charge in [0.25, 0.3) is 0 Å². The molecule has 3 heteroatoms. The Hall–Kier alpha value is -1.37. The number of hydrogen-bond acceptors (Lipinski definition) is 3. The number of fused-ring (bicyclic) bond motifs is 1. The summed E-state index contributed by atoms with van der Waals surface area (Å²) in [6, 6.07) is 7.86. The molecule has 0 radical (unpaired) electrons. The summed E-state index contributed by atoms with van der Waals surface area (Å²) < 4.78 is 0. The number of aliphatic hydroxyl groups excluding tert-OH is 1. The molecule has 1 atom stereocenters. The first kappa shape index (κ1) is 12.1. The summed E-state index contributed by atoms with van der Waals surface area (Å²) in [5.74, 6) is 0. The third-order valence-electron chi connectivity index (χ3n) is 3.70. The second kappa shape index (κ2) is 3.56. The fraction of sp³-hybridized carbons (Fsp3) is 0.500. The molecule has 3 nitrogen and oxygen atoms in total. The average molecular weight is 230 g/mol. The lowest BCUT2D eigenvalue weighted by Gasteiger charge is -2.46. The largest absolute Gasteiger partial charge is 0.378 e. The van der Waals surface area contributed by atoms with Crippen molar-refractivity contribution in [3.63, 3.8) is 0 Å². The molecule has 1 unspecified atom stereocenters. The number of nitrogens with one attached hydrogen (secondary N) is 1. The van der Waals surface area contributed by atoms with Gasteiger partial charge in [0, 0.05) is 11.0 Å². The van der Waals surface area contributed by atoms with Crippen LogP contribution in [0.25, 0.3) is 0 Å². The van der Waals surface area contributed by atoms with Crippen LogP contribution in [0.3, 0.4) is 0 Å². The number of aliphatic hydroxyl groups is 1. The molecule has 0 saturated carbocycles. The zero-order valence-corrected chi connectivity index (χ0v) is 10.7. The zero-order valence-electron chi connectivity index (χ0n) is 10.7. The van der Waals surface area contributed by atoms with Crippen LogP contribution in [-0.4, -0.2) is 11.3 Å². The Kier molecular flexibility index (Phi) is 2.53. The van der Waals surface area contributed by atoms with Crippen LogP contribution < -0.4 is 5.32 Å². The molecule has 0 amide bonds. The van der Waals surface area contributed by atoms with Crippen molar-refractivity contribution in [1.82, 2.24) is 5.32 Å². The van der Waals surface area contributed by atoms with Gasteiger partial charge in [-0.3, -0.25) is 5.32 Å². The summed E-state index contributed by atoms with van der Waals surface area (Å²) in [6.45, 7) is 8.05. The van der Waals surface area contributed by atoms with Gasteiger partial charge in [0.15, 0.2) is 0 Å². The van der Waals surface area contributed by atoms with Crippen molar-refractivity contribution in [1.29, 1.82) is 5.26 Å². The average Bonchev–Trinajstić information content (AvgIpc) is 2.26. The summed E-state index contributed by atoms with van der Waals surface area (Å²) in [5.41, 5.74) is 2.16. The first-order valence-electron chi connectivity index (χ1n) is 5.80. The van der Waals surface area contributed by atoms with Gasteiger partial charge in [0.05, 0.1) is 11.6 Å². The third kappa shape index (κ3) is 1.74. The molecule has 17 heavy (non-hydrogen) atoms. The maximum atomic E-state index is 10.2. The number of nitriles is 1. The monoisotopic (exact) mass is 230 g/mol. The van der Waals surface area contributed by atoms with Crippen LogP contribution in [0.5, 0.6) is 0 Å². The molecule has 2 rings (SSSR count). The fourth-order valence-electron chi connectivity index (χ4n) is 2.44. The lowest BCUT2D eigenvalue weighted by molar-refractivity contribution is 0.0248. The quantitative estimate of drug-likeness (QED) is 0.716. The van der Waals surface area contributed by atoms with Crippen molar-refractivity contribution in [2.45, 2.75) is 44.9 Å². The smallest absolute Gasteiger partial charge is 0.114 e. The maximum absolute atomic E-state index is 10.2. The van der Waals surface area contributed by atoms with E-state index >= 15 is 0 Å². The maximum Gasteiger partial charge on any atom is 0.114 e. The Bertz CT molecular complexity index is 497. The molecular weight excluding hydrogens is 212 g/mol. The van der Waals surface area contributed by atoms with E-state index in [0.717, 1.165) is 11.1 Å². The minimum atomic E-state index is -0.612. The summed E-state index contributed by atoms with van der Waals surface area (Å²) >= 11 is 0. The summed E-state index contributed by atoms with van der Waals surface area (Å²) in [7, 11) is 0. The number of nitrogens with zero attached hydrogens (tertiary/aromatic N) is 1. The molecule has 0 bridgehead atoms. The van der Waals surface area contributed by atoms with Crippen LogP contribution in [0.15, 0.2) is 18.2 Å². The van der Waals surface area contributed by atoms with E-state index in [1.165, 1.54) is 0 Å². The molecule has 0 fully saturated rings. The van der Waals surface area contributed by atoms with E-state index in [-0.39, 0.29) is 5.54 Å². The predicted octanol–water partition coefficient (Wildman–Crippen LogP) is 1.99. The van der Waals surface area contributed by atoms with E-state index in [9.17, 15) is 5.11 Å². The highest BCUT2D eigenvalue weighted by molar-refractivity contribution is 5.46. The van der Waals surface area contributed by atoms with Crippen molar-refractivity contribution >= 4 is 0 Å². The van der Waals surface area contributed by atoms with Gasteiger partial charge >= 0.3 is 0 Å². The first-order chi connectivity index (χ1) is 7.79. The molecule has 1 aliphatic heterocycles. The van der Waals surface area contributed by atoms with Crippen molar-refractivity contribution in [3.8, 4) is 6.07 Å². The van der Waals surface area contributed by atoms with Gasteiger partial charge in [-0.15, -0.1) is 0 Å². The van der Waals surface area contributed by atoms with Gasteiger partial charge in [0.1, 0.15) is 6.23 Å². The van der Waals surface area contributed by atoms with E-state index in [2.05, 4.69) is 11.4 Å². The Labute approximate surface area is 102 Å². The van der Waals surface area contributed by atoms with E-state index in [0.29, 0.717) is 5.56 Å². The first-order valence-corrected chi connectivity index (χ1v) is 5.80. The van der Waals surface area contributed by atoms with Crippen LogP contribution in [-0.2, 0) is 11.0 Å². The second-order valence-corrected chi connectivity index (χ2v) is 5.77. The van der Waals surface area contributed by atoms with Crippen molar-refractivity contribution in [3.05, 3.63) is 34.9 Å². The molecule has 0 aliphatic carbocycles. The number of benzene rings is 1. The molecule has 1 aliphatic rings. The molecule has 0 aromatic heterocycles. The molecule has 1 heterocycles. The molecule has 2 N–H and O–H groups in total. The van der Waals surface area contributed by atoms with Gasteiger partial charge in [-0.2, -0.15) is 5.26 Å². The molecule has 1 aromatic rings. The molecule has 0 spiro atoms. The minimum absolute atomic E-state index is 0.280.